The quantitative estimate of drug-likeness (QED) is 0.703. The van der Waals surface area contributed by atoms with E-state index in [2.05, 4.69) is 15.2 Å². The van der Waals surface area contributed by atoms with Crippen molar-refractivity contribution in [3.63, 3.8) is 0 Å². The number of hydrogen-bond donors (Lipinski definition) is 2. The van der Waals surface area contributed by atoms with Gasteiger partial charge in [0.15, 0.2) is 0 Å². The van der Waals surface area contributed by atoms with E-state index in [1.807, 2.05) is 32.1 Å². The van der Waals surface area contributed by atoms with Crippen molar-refractivity contribution in [2.24, 2.45) is 10.9 Å². The predicted molar refractivity (Wildman–Crippen MR) is 121 cm³/mol. The van der Waals surface area contributed by atoms with E-state index in [-0.39, 0.29) is 12.1 Å². The van der Waals surface area contributed by atoms with Gasteiger partial charge in [0.05, 0.1) is 16.6 Å². The molecule has 7 nitrogen and oxygen atoms in total. The van der Waals surface area contributed by atoms with E-state index in [1.165, 1.54) is 12.8 Å². The molecule has 2 fully saturated rings. The Hall–Kier alpha value is -2.19. The van der Waals surface area contributed by atoms with Crippen molar-refractivity contribution in [3.05, 3.63) is 45.7 Å². The fourth-order valence-corrected chi connectivity index (χ4v) is 6.45. The Balaban J connectivity index is 1.54. The number of aryl methyl sites for hydroxylation is 2. The highest BCUT2D eigenvalue weighted by molar-refractivity contribution is 7.93. The Morgan fingerprint density at radius 1 is 1.19 bits per heavy atom. The first kappa shape index (κ1) is 20.7. The number of nitrogens with zero attached hydrogens (tertiary/aromatic N) is 2. The van der Waals surface area contributed by atoms with Crippen molar-refractivity contribution < 1.29 is 12.9 Å². The van der Waals surface area contributed by atoms with E-state index >= 15 is 0 Å². The molecule has 2 heterocycles. The van der Waals surface area contributed by atoms with Gasteiger partial charge >= 0.3 is 0 Å². The van der Waals surface area contributed by atoms with Gasteiger partial charge in [0, 0.05) is 18.2 Å². The number of aromatic nitrogens is 1. The average molecular weight is 443 g/mol. The highest BCUT2D eigenvalue weighted by atomic mass is 32.2. The first-order valence-electron chi connectivity index (χ1n) is 11.3. The molecule has 2 saturated carbocycles. The molecule has 166 valence electrons. The van der Waals surface area contributed by atoms with Crippen LogP contribution in [0.3, 0.4) is 0 Å². The summed E-state index contributed by atoms with van der Waals surface area (Å²) in [7, 11) is -3.65. The average Bonchev–Trinajstić information content (AvgIpc) is 3.33. The summed E-state index contributed by atoms with van der Waals surface area (Å²) in [5.74, 6) is 2.25. The molecule has 1 unspecified atom stereocenters. The van der Waals surface area contributed by atoms with E-state index in [1.54, 1.807) is 0 Å². The summed E-state index contributed by atoms with van der Waals surface area (Å²) in [6.07, 6.45) is 12.8. The van der Waals surface area contributed by atoms with E-state index in [0.29, 0.717) is 23.0 Å². The molecule has 0 radical (unpaired) electrons. The topological polar surface area (TPSA) is 96.6 Å². The van der Waals surface area contributed by atoms with E-state index < -0.39 is 10.0 Å². The zero-order valence-electron chi connectivity index (χ0n) is 18.1. The first-order valence-corrected chi connectivity index (χ1v) is 12.8. The van der Waals surface area contributed by atoms with Gasteiger partial charge in [-0.15, -0.1) is 0 Å². The molecule has 3 aliphatic carbocycles. The van der Waals surface area contributed by atoms with E-state index in [0.717, 1.165) is 60.5 Å². The van der Waals surface area contributed by atoms with Crippen LogP contribution in [0.25, 0.3) is 5.57 Å². The van der Waals surface area contributed by atoms with Gasteiger partial charge in [-0.3, -0.25) is 4.99 Å². The van der Waals surface area contributed by atoms with Crippen molar-refractivity contribution in [1.29, 1.82) is 0 Å². The second kappa shape index (κ2) is 8.06. The third kappa shape index (κ3) is 4.28. The first-order chi connectivity index (χ1) is 14.9. The minimum absolute atomic E-state index is 0.0191. The van der Waals surface area contributed by atoms with Crippen LogP contribution in [0.5, 0.6) is 0 Å². The highest BCUT2D eigenvalue weighted by Crippen LogP contribution is 2.37. The van der Waals surface area contributed by atoms with E-state index in [4.69, 9.17) is 9.52 Å². The Labute approximate surface area is 183 Å². The molecule has 8 heteroatoms. The van der Waals surface area contributed by atoms with Crippen molar-refractivity contribution in [3.8, 4) is 0 Å². The number of amidine groups is 1. The summed E-state index contributed by atoms with van der Waals surface area (Å²) in [4.78, 5) is 5.05. The number of nitrogens with one attached hydrogen (secondary N) is 2. The molecule has 0 amide bonds. The molecule has 0 spiro atoms. The minimum Gasteiger partial charge on any atom is -0.363 e. The monoisotopic (exact) mass is 442 g/mol. The molecule has 0 bridgehead atoms. The van der Waals surface area contributed by atoms with Crippen LogP contribution in [0.15, 0.2) is 38.2 Å². The molecule has 0 aromatic carbocycles. The van der Waals surface area contributed by atoms with Crippen LogP contribution in [-0.2, 0) is 10.0 Å². The maximum Gasteiger partial charge on any atom is 0.241 e. The summed E-state index contributed by atoms with van der Waals surface area (Å²) >= 11 is 0. The number of hydrogen-bond acceptors (Lipinski definition) is 5. The lowest BCUT2D eigenvalue weighted by atomic mass is 9.87. The molecule has 1 aromatic rings. The molecule has 31 heavy (non-hydrogen) atoms. The predicted octanol–water partition coefficient (Wildman–Crippen LogP) is 3.53. The second-order valence-electron chi connectivity index (χ2n) is 9.19. The fourth-order valence-electron chi connectivity index (χ4n) is 4.83. The molecule has 2 N–H and O–H groups in total. The normalized spacial score (nSPS) is 25.7. The third-order valence-corrected chi connectivity index (χ3v) is 8.25. The Morgan fingerprint density at radius 3 is 2.65 bits per heavy atom. The lowest BCUT2D eigenvalue weighted by Gasteiger charge is -2.31. The van der Waals surface area contributed by atoms with Gasteiger partial charge in [-0.25, -0.2) is 13.1 Å². The molecule has 1 atom stereocenters. The smallest absolute Gasteiger partial charge is 0.241 e. The number of sulfonamides is 1. The van der Waals surface area contributed by atoms with Crippen molar-refractivity contribution in [1.82, 2.24) is 15.2 Å². The number of fused-ring (bicyclic) bond motifs is 1. The summed E-state index contributed by atoms with van der Waals surface area (Å²) < 4.78 is 35.2. The highest BCUT2D eigenvalue weighted by Gasteiger charge is 2.34. The van der Waals surface area contributed by atoms with Gasteiger partial charge in [0.25, 0.3) is 0 Å². The van der Waals surface area contributed by atoms with Gasteiger partial charge in [-0.2, -0.15) is 0 Å². The van der Waals surface area contributed by atoms with Gasteiger partial charge in [-0.05, 0) is 75.2 Å². The lowest BCUT2D eigenvalue weighted by molar-refractivity contribution is 0.393. The standard InChI is InChI=1S/C23H30N4O3S/c1-14-23(15(2)30-26-14)17-11-20-19(9-10-22(25-20)24-13-16-7-8-16)21(12-17)31(28,29)27-18-5-3-4-6-18/h9-10,12,16,18,20,27H,3-8,11,13H2,1-2H3,(H,24,25). The summed E-state index contributed by atoms with van der Waals surface area (Å²) in [6.45, 7) is 4.60. The van der Waals surface area contributed by atoms with Gasteiger partial charge in [0.1, 0.15) is 11.6 Å². The third-order valence-electron chi connectivity index (χ3n) is 6.67. The number of aliphatic imine (C=N–C) groups is 1. The summed E-state index contributed by atoms with van der Waals surface area (Å²) in [6, 6.07) is -0.127. The maximum atomic E-state index is 13.4. The van der Waals surface area contributed by atoms with Crippen LogP contribution in [0.4, 0.5) is 0 Å². The van der Waals surface area contributed by atoms with Crippen LogP contribution >= 0.6 is 0 Å². The van der Waals surface area contributed by atoms with E-state index in [9.17, 15) is 8.42 Å². The van der Waals surface area contributed by atoms with Crippen LogP contribution in [0, 0.1) is 19.8 Å². The summed E-state index contributed by atoms with van der Waals surface area (Å²) in [5, 5.41) is 7.57. The van der Waals surface area contributed by atoms with Gasteiger partial charge in [-0.1, -0.05) is 24.1 Å². The summed E-state index contributed by atoms with van der Waals surface area (Å²) in [5.41, 5.74) is 3.41. The molecule has 4 aliphatic rings. The van der Waals surface area contributed by atoms with Crippen LogP contribution in [0.1, 0.15) is 62.0 Å². The van der Waals surface area contributed by atoms with Crippen LogP contribution < -0.4 is 10.0 Å². The zero-order chi connectivity index (χ0) is 21.6. The second-order valence-corrected chi connectivity index (χ2v) is 10.9. The van der Waals surface area contributed by atoms with Crippen molar-refractivity contribution >= 4 is 21.4 Å². The molecular weight excluding hydrogens is 412 g/mol. The van der Waals surface area contributed by atoms with Crippen molar-refractivity contribution in [2.75, 3.05) is 6.54 Å². The zero-order valence-corrected chi connectivity index (χ0v) is 19.0. The Kier molecular flexibility index (Phi) is 5.38. The lowest BCUT2D eigenvalue weighted by Crippen LogP contribution is -2.42. The maximum absolute atomic E-state index is 13.4. The SMILES string of the molecule is Cc1noc(C)c1C1=CC(S(=O)(=O)NC2CCCC2)=C2C=CC(=NCC3CC3)NC2C1. The Bertz CT molecular complexity index is 1080. The fraction of sp³-hybridized carbons (Fsp3) is 0.565. The minimum atomic E-state index is -3.65. The van der Waals surface area contributed by atoms with Gasteiger partial charge in [0.2, 0.25) is 10.0 Å². The van der Waals surface area contributed by atoms with Crippen LogP contribution in [-0.4, -0.2) is 38.0 Å². The molecule has 0 saturated heterocycles. The Morgan fingerprint density at radius 2 is 1.97 bits per heavy atom. The van der Waals surface area contributed by atoms with Crippen LogP contribution in [0.2, 0.25) is 0 Å². The molecular formula is C23H30N4O3S. The number of rotatable bonds is 6. The largest absolute Gasteiger partial charge is 0.363 e. The molecule has 1 aliphatic heterocycles. The molecule has 1 aromatic heterocycles. The molecule has 5 rings (SSSR count). The number of allylic oxidation sites excluding steroid dienone is 1. The van der Waals surface area contributed by atoms with Gasteiger partial charge < -0.3 is 9.84 Å². The van der Waals surface area contributed by atoms with Crippen molar-refractivity contribution in [2.45, 2.75) is 70.9 Å².